The maximum atomic E-state index is 6.23. The molecule has 0 atom stereocenters. The molecular weight excluding hydrogens is 258 g/mol. The van der Waals surface area contributed by atoms with E-state index in [2.05, 4.69) is 35.1 Å². The Labute approximate surface area is 121 Å². The van der Waals surface area contributed by atoms with Crippen LogP contribution in [0, 0.1) is 5.92 Å². The van der Waals surface area contributed by atoms with Gasteiger partial charge in [-0.2, -0.15) is 0 Å². The third kappa shape index (κ3) is 4.36. The summed E-state index contributed by atoms with van der Waals surface area (Å²) >= 11 is 6.23. The van der Waals surface area contributed by atoms with Crippen LogP contribution in [0.1, 0.15) is 38.7 Å². The fraction of sp³-hybridized carbons (Fsp3) is 0.667. The van der Waals surface area contributed by atoms with Crippen molar-refractivity contribution < 1.29 is 0 Å². The summed E-state index contributed by atoms with van der Waals surface area (Å²) in [6.45, 7) is 8.49. The maximum absolute atomic E-state index is 6.23. The van der Waals surface area contributed by atoms with Crippen molar-refractivity contribution in [2.24, 2.45) is 5.92 Å². The van der Waals surface area contributed by atoms with Gasteiger partial charge >= 0.3 is 0 Å². The van der Waals surface area contributed by atoms with E-state index in [1.807, 2.05) is 0 Å². The molecule has 19 heavy (non-hydrogen) atoms. The Hall–Kier alpha value is -0.800. The van der Waals surface area contributed by atoms with E-state index in [1.165, 1.54) is 19.3 Å². The Morgan fingerprint density at radius 2 is 2.05 bits per heavy atom. The zero-order valence-corrected chi connectivity index (χ0v) is 12.7. The van der Waals surface area contributed by atoms with Gasteiger partial charge in [0.1, 0.15) is 5.82 Å². The van der Waals surface area contributed by atoms with E-state index in [-0.39, 0.29) is 0 Å². The predicted molar refractivity (Wildman–Crippen MR) is 81.9 cm³/mol. The highest BCUT2D eigenvalue weighted by atomic mass is 35.5. The lowest BCUT2D eigenvalue weighted by molar-refractivity contribution is 0.551. The Bertz CT molecular complexity index is 400. The van der Waals surface area contributed by atoms with Crippen LogP contribution in [0.5, 0.6) is 0 Å². The summed E-state index contributed by atoms with van der Waals surface area (Å²) in [6.07, 6.45) is 5.67. The number of halogens is 1. The van der Waals surface area contributed by atoms with Gasteiger partial charge in [0.05, 0.1) is 5.02 Å². The molecule has 0 aromatic carbocycles. The summed E-state index contributed by atoms with van der Waals surface area (Å²) in [7, 11) is 0. The molecule has 1 aliphatic heterocycles. The van der Waals surface area contributed by atoms with Gasteiger partial charge in [0.15, 0.2) is 0 Å². The minimum atomic E-state index is 0.655. The van der Waals surface area contributed by atoms with Gasteiger partial charge in [0, 0.05) is 25.8 Å². The SMILES string of the molecule is CC(C)CNCc1cc(N2CCCCC2)ncc1Cl. The van der Waals surface area contributed by atoms with Crippen LogP contribution >= 0.6 is 11.6 Å². The van der Waals surface area contributed by atoms with Crippen LogP contribution < -0.4 is 10.2 Å². The van der Waals surface area contributed by atoms with Gasteiger partial charge in [-0.05, 0) is 43.4 Å². The van der Waals surface area contributed by atoms with Crippen LogP contribution in [0.25, 0.3) is 0 Å². The Morgan fingerprint density at radius 3 is 2.74 bits per heavy atom. The van der Waals surface area contributed by atoms with Crippen molar-refractivity contribution in [2.75, 3.05) is 24.5 Å². The Kier molecular flexibility index (Phi) is 5.46. The first-order valence-corrected chi connectivity index (χ1v) is 7.64. The predicted octanol–water partition coefficient (Wildman–Crippen LogP) is 3.47. The van der Waals surface area contributed by atoms with Crippen molar-refractivity contribution in [3.63, 3.8) is 0 Å². The quantitative estimate of drug-likeness (QED) is 0.896. The molecule has 0 bridgehead atoms. The standard InChI is InChI=1S/C15H24ClN3/c1-12(2)9-17-10-13-8-15(18-11-14(13)16)19-6-4-3-5-7-19/h8,11-12,17H,3-7,9-10H2,1-2H3. The summed E-state index contributed by atoms with van der Waals surface area (Å²) < 4.78 is 0. The molecule has 2 heterocycles. The number of aromatic nitrogens is 1. The van der Waals surface area contributed by atoms with Gasteiger partial charge in [-0.1, -0.05) is 25.4 Å². The number of nitrogens with one attached hydrogen (secondary N) is 1. The van der Waals surface area contributed by atoms with Crippen molar-refractivity contribution in [1.29, 1.82) is 0 Å². The summed E-state index contributed by atoms with van der Waals surface area (Å²) in [5.74, 6) is 1.73. The zero-order valence-electron chi connectivity index (χ0n) is 12.0. The number of piperidine rings is 1. The average molecular weight is 282 g/mol. The highest BCUT2D eigenvalue weighted by Gasteiger charge is 2.13. The fourth-order valence-corrected chi connectivity index (χ4v) is 2.56. The normalized spacial score (nSPS) is 16.1. The van der Waals surface area contributed by atoms with E-state index in [9.17, 15) is 0 Å². The molecule has 1 N–H and O–H groups in total. The molecule has 106 valence electrons. The van der Waals surface area contributed by atoms with Gasteiger partial charge in [-0.25, -0.2) is 4.98 Å². The summed E-state index contributed by atoms with van der Waals surface area (Å²) in [5, 5.41) is 4.20. The van der Waals surface area contributed by atoms with E-state index in [1.54, 1.807) is 6.20 Å². The highest BCUT2D eigenvalue weighted by Crippen LogP contribution is 2.23. The molecule has 0 radical (unpaired) electrons. The van der Waals surface area contributed by atoms with E-state index in [0.717, 1.165) is 42.6 Å². The van der Waals surface area contributed by atoms with Crippen molar-refractivity contribution >= 4 is 17.4 Å². The third-order valence-electron chi connectivity index (χ3n) is 3.47. The molecule has 1 aromatic heterocycles. The number of hydrogen-bond donors (Lipinski definition) is 1. The second kappa shape index (κ2) is 7.11. The molecule has 0 spiro atoms. The van der Waals surface area contributed by atoms with Crippen molar-refractivity contribution in [3.05, 3.63) is 22.8 Å². The number of nitrogens with zero attached hydrogens (tertiary/aromatic N) is 2. The number of pyridine rings is 1. The van der Waals surface area contributed by atoms with Gasteiger partial charge in [0.2, 0.25) is 0 Å². The average Bonchev–Trinajstić information content (AvgIpc) is 2.41. The van der Waals surface area contributed by atoms with Crippen LogP contribution in [0.15, 0.2) is 12.3 Å². The summed E-state index contributed by atoms with van der Waals surface area (Å²) in [5.41, 5.74) is 1.15. The maximum Gasteiger partial charge on any atom is 0.128 e. The van der Waals surface area contributed by atoms with Gasteiger partial charge in [-0.3, -0.25) is 0 Å². The van der Waals surface area contributed by atoms with Crippen molar-refractivity contribution in [2.45, 2.75) is 39.7 Å². The first kappa shape index (κ1) is 14.6. The lowest BCUT2D eigenvalue weighted by atomic mass is 10.1. The molecule has 0 amide bonds. The molecule has 4 heteroatoms. The molecule has 1 aliphatic rings. The second-order valence-electron chi connectivity index (χ2n) is 5.71. The number of rotatable bonds is 5. The lowest BCUT2D eigenvalue weighted by Gasteiger charge is -2.28. The summed E-state index contributed by atoms with van der Waals surface area (Å²) in [4.78, 5) is 6.84. The smallest absolute Gasteiger partial charge is 0.128 e. The molecule has 2 rings (SSSR count). The largest absolute Gasteiger partial charge is 0.357 e. The molecule has 0 saturated carbocycles. The minimum Gasteiger partial charge on any atom is -0.357 e. The molecule has 0 aliphatic carbocycles. The number of hydrogen-bond acceptors (Lipinski definition) is 3. The highest BCUT2D eigenvalue weighted by molar-refractivity contribution is 6.31. The monoisotopic (exact) mass is 281 g/mol. The first-order chi connectivity index (χ1) is 9.16. The second-order valence-corrected chi connectivity index (χ2v) is 6.11. The fourth-order valence-electron chi connectivity index (χ4n) is 2.39. The van der Waals surface area contributed by atoms with Crippen LogP contribution in [-0.4, -0.2) is 24.6 Å². The minimum absolute atomic E-state index is 0.655. The van der Waals surface area contributed by atoms with Crippen LogP contribution in [-0.2, 0) is 6.54 Å². The van der Waals surface area contributed by atoms with Crippen LogP contribution in [0.2, 0.25) is 5.02 Å². The molecule has 1 saturated heterocycles. The van der Waals surface area contributed by atoms with E-state index < -0.39 is 0 Å². The molecular formula is C15H24ClN3. The molecule has 3 nitrogen and oxygen atoms in total. The van der Waals surface area contributed by atoms with E-state index in [0.29, 0.717) is 5.92 Å². The summed E-state index contributed by atoms with van der Waals surface area (Å²) in [6, 6.07) is 2.14. The Morgan fingerprint density at radius 1 is 1.32 bits per heavy atom. The molecule has 1 aromatic rings. The zero-order chi connectivity index (χ0) is 13.7. The molecule has 0 unspecified atom stereocenters. The van der Waals surface area contributed by atoms with Crippen LogP contribution in [0.3, 0.4) is 0 Å². The first-order valence-electron chi connectivity index (χ1n) is 7.27. The van der Waals surface area contributed by atoms with Gasteiger partial charge in [-0.15, -0.1) is 0 Å². The van der Waals surface area contributed by atoms with E-state index >= 15 is 0 Å². The van der Waals surface area contributed by atoms with Crippen molar-refractivity contribution in [1.82, 2.24) is 10.3 Å². The van der Waals surface area contributed by atoms with Gasteiger partial charge in [0.25, 0.3) is 0 Å². The van der Waals surface area contributed by atoms with Crippen LogP contribution in [0.4, 0.5) is 5.82 Å². The van der Waals surface area contributed by atoms with Gasteiger partial charge < -0.3 is 10.2 Å². The third-order valence-corrected chi connectivity index (χ3v) is 3.81. The number of anilines is 1. The Balaban J connectivity index is 2.01. The molecule has 1 fully saturated rings. The topological polar surface area (TPSA) is 28.2 Å². The van der Waals surface area contributed by atoms with Crippen molar-refractivity contribution in [3.8, 4) is 0 Å². The van der Waals surface area contributed by atoms with E-state index in [4.69, 9.17) is 11.6 Å². The lowest BCUT2D eigenvalue weighted by Crippen LogP contribution is -2.30.